The molecule has 0 bridgehead atoms. The van der Waals surface area contributed by atoms with Gasteiger partial charge in [0.05, 0.1) is 0 Å². The van der Waals surface area contributed by atoms with Gasteiger partial charge < -0.3 is 10.4 Å². The predicted octanol–water partition coefficient (Wildman–Crippen LogP) is 1.80. The van der Waals surface area contributed by atoms with Crippen molar-refractivity contribution in [2.45, 2.75) is 41.0 Å². The highest BCUT2D eigenvalue weighted by Crippen LogP contribution is 2.68. The van der Waals surface area contributed by atoms with E-state index in [9.17, 15) is 4.79 Å². The van der Waals surface area contributed by atoms with Gasteiger partial charge in [0.15, 0.2) is 0 Å². The third-order valence-corrected chi connectivity index (χ3v) is 4.53. The second-order valence-corrected chi connectivity index (χ2v) is 6.24. The number of aliphatic hydroxyl groups is 1. The van der Waals surface area contributed by atoms with E-state index in [1.54, 1.807) is 0 Å². The lowest BCUT2D eigenvalue weighted by Crippen LogP contribution is -2.31. The number of aliphatic hydroxyl groups excluding tert-OH is 1. The molecule has 0 aromatic rings. The summed E-state index contributed by atoms with van der Waals surface area (Å²) < 4.78 is 0. The average molecular weight is 227 g/mol. The van der Waals surface area contributed by atoms with E-state index in [4.69, 9.17) is 5.11 Å². The Hall–Kier alpha value is -0.570. The third kappa shape index (κ3) is 2.24. The van der Waals surface area contributed by atoms with Gasteiger partial charge in [-0.2, -0.15) is 0 Å². The number of carbonyl (C=O) groups excluding carboxylic acids is 1. The second kappa shape index (κ2) is 4.36. The van der Waals surface area contributed by atoms with Crippen LogP contribution in [-0.4, -0.2) is 24.2 Å². The van der Waals surface area contributed by atoms with E-state index in [0.29, 0.717) is 12.5 Å². The molecule has 1 atom stereocenters. The van der Waals surface area contributed by atoms with E-state index < -0.39 is 0 Å². The topological polar surface area (TPSA) is 49.3 Å². The van der Waals surface area contributed by atoms with Gasteiger partial charge in [-0.3, -0.25) is 4.79 Å². The Kier molecular flexibility index (Phi) is 3.68. The molecule has 3 nitrogen and oxygen atoms in total. The lowest BCUT2D eigenvalue weighted by Gasteiger charge is -2.11. The summed E-state index contributed by atoms with van der Waals surface area (Å²) in [5.41, 5.74) is 0.217. The van der Waals surface area contributed by atoms with Crippen LogP contribution < -0.4 is 5.32 Å². The van der Waals surface area contributed by atoms with Crippen LogP contribution in [0.15, 0.2) is 0 Å². The van der Waals surface area contributed by atoms with Crippen molar-refractivity contribution < 1.29 is 9.90 Å². The Morgan fingerprint density at radius 3 is 2.19 bits per heavy atom. The Labute approximate surface area is 98.6 Å². The molecule has 1 fully saturated rings. The molecule has 0 saturated heterocycles. The summed E-state index contributed by atoms with van der Waals surface area (Å²) in [7, 11) is 0. The standard InChI is InChI=1S/C13H25NO2/c1-9(6-7-15)8-14-11(16)10-12(2,3)13(10,4)5/h9-10,15H,6-8H2,1-5H3,(H,14,16). The Balaban J connectivity index is 2.39. The Morgan fingerprint density at radius 2 is 1.81 bits per heavy atom. The molecule has 1 aliphatic rings. The van der Waals surface area contributed by atoms with Crippen molar-refractivity contribution in [3.05, 3.63) is 0 Å². The first-order valence-corrected chi connectivity index (χ1v) is 6.13. The van der Waals surface area contributed by atoms with Gasteiger partial charge in [0, 0.05) is 19.1 Å². The van der Waals surface area contributed by atoms with Crippen molar-refractivity contribution in [3.63, 3.8) is 0 Å². The normalized spacial score (nSPS) is 23.9. The van der Waals surface area contributed by atoms with Crippen molar-refractivity contribution in [1.29, 1.82) is 0 Å². The molecule has 1 unspecified atom stereocenters. The molecular weight excluding hydrogens is 202 g/mol. The van der Waals surface area contributed by atoms with Gasteiger partial charge in [0.1, 0.15) is 0 Å². The molecule has 2 N–H and O–H groups in total. The molecule has 0 heterocycles. The van der Waals surface area contributed by atoms with Crippen molar-refractivity contribution in [2.24, 2.45) is 22.7 Å². The van der Waals surface area contributed by atoms with Crippen LogP contribution in [0.5, 0.6) is 0 Å². The molecule has 1 amide bonds. The van der Waals surface area contributed by atoms with Gasteiger partial charge in [-0.1, -0.05) is 34.6 Å². The number of carbonyl (C=O) groups is 1. The van der Waals surface area contributed by atoms with Gasteiger partial charge in [0.2, 0.25) is 5.91 Å². The summed E-state index contributed by atoms with van der Waals surface area (Å²) in [5, 5.41) is 11.8. The Bertz CT molecular complexity index is 257. The zero-order valence-electron chi connectivity index (χ0n) is 11.1. The molecule has 16 heavy (non-hydrogen) atoms. The number of hydrogen-bond acceptors (Lipinski definition) is 2. The summed E-state index contributed by atoms with van der Waals surface area (Å²) in [6, 6.07) is 0. The molecule has 1 aliphatic carbocycles. The fourth-order valence-corrected chi connectivity index (χ4v) is 2.55. The van der Waals surface area contributed by atoms with E-state index >= 15 is 0 Å². The van der Waals surface area contributed by atoms with E-state index in [1.807, 2.05) is 6.92 Å². The van der Waals surface area contributed by atoms with Crippen LogP contribution in [0.25, 0.3) is 0 Å². The molecule has 0 radical (unpaired) electrons. The fourth-order valence-electron chi connectivity index (χ4n) is 2.55. The number of hydrogen-bond donors (Lipinski definition) is 2. The van der Waals surface area contributed by atoms with Crippen molar-refractivity contribution in [3.8, 4) is 0 Å². The van der Waals surface area contributed by atoms with Gasteiger partial charge in [0.25, 0.3) is 0 Å². The van der Waals surface area contributed by atoms with Crippen LogP contribution >= 0.6 is 0 Å². The highest BCUT2D eigenvalue weighted by Gasteiger charge is 2.68. The third-order valence-electron chi connectivity index (χ3n) is 4.53. The zero-order chi connectivity index (χ0) is 12.6. The van der Waals surface area contributed by atoms with Gasteiger partial charge in [-0.05, 0) is 23.2 Å². The minimum absolute atomic E-state index is 0.108. The predicted molar refractivity (Wildman–Crippen MR) is 64.9 cm³/mol. The summed E-state index contributed by atoms with van der Waals surface area (Å²) in [6.07, 6.45) is 0.748. The number of amides is 1. The van der Waals surface area contributed by atoms with E-state index in [-0.39, 0.29) is 29.3 Å². The maximum Gasteiger partial charge on any atom is 0.224 e. The van der Waals surface area contributed by atoms with Crippen LogP contribution in [0.3, 0.4) is 0 Å². The molecule has 0 aliphatic heterocycles. The monoisotopic (exact) mass is 227 g/mol. The largest absolute Gasteiger partial charge is 0.396 e. The lowest BCUT2D eigenvalue weighted by molar-refractivity contribution is -0.123. The summed E-state index contributed by atoms with van der Waals surface area (Å²) in [6.45, 7) is 11.5. The molecule has 1 rings (SSSR count). The molecule has 0 spiro atoms. The summed E-state index contributed by atoms with van der Waals surface area (Å²) >= 11 is 0. The zero-order valence-corrected chi connectivity index (χ0v) is 11.1. The average Bonchev–Trinajstić information content (AvgIpc) is 2.54. The maximum absolute atomic E-state index is 12.0. The molecule has 94 valence electrons. The molecule has 0 aromatic heterocycles. The minimum Gasteiger partial charge on any atom is -0.396 e. The smallest absolute Gasteiger partial charge is 0.224 e. The highest BCUT2D eigenvalue weighted by molar-refractivity contribution is 5.84. The first kappa shape index (κ1) is 13.5. The Morgan fingerprint density at radius 1 is 1.31 bits per heavy atom. The quantitative estimate of drug-likeness (QED) is 0.752. The molecular formula is C13H25NO2. The maximum atomic E-state index is 12.0. The van der Waals surface area contributed by atoms with Gasteiger partial charge in [-0.15, -0.1) is 0 Å². The number of rotatable bonds is 5. The van der Waals surface area contributed by atoms with Crippen molar-refractivity contribution >= 4 is 5.91 Å². The van der Waals surface area contributed by atoms with Crippen LogP contribution in [-0.2, 0) is 4.79 Å². The van der Waals surface area contributed by atoms with Gasteiger partial charge in [-0.25, -0.2) is 0 Å². The number of nitrogens with one attached hydrogen (secondary N) is 1. The SMILES string of the molecule is CC(CCO)CNC(=O)C1C(C)(C)C1(C)C. The van der Waals surface area contributed by atoms with Crippen LogP contribution in [0.1, 0.15) is 41.0 Å². The highest BCUT2D eigenvalue weighted by atomic mass is 16.3. The molecule has 0 aromatic carbocycles. The van der Waals surface area contributed by atoms with E-state index in [1.165, 1.54) is 0 Å². The summed E-state index contributed by atoms with van der Waals surface area (Å²) in [5.74, 6) is 0.639. The molecule has 1 saturated carbocycles. The van der Waals surface area contributed by atoms with E-state index in [0.717, 1.165) is 6.42 Å². The van der Waals surface area contributed by atoms with Crippen molar-refractivity contribution in [1.82, 2.24) is 5.32 Å². The first-order valence-electron chi connectivity index (χ1n) is 6.13. The molecule has 3 heteroatoms. The lowest BCUT2D eigenvalue weighted by atomic mass is 10.0. The van der Waals surface area contributed by atoms with Crippen molar-refractivity contribution in [2.75, 3.05) is 13.2 Å². The van der Waals surface area contributed by atoms with Crippen LogP contribution in [0.4, 0.5) is 0 Å². The van der Waals surface area contributed by atoms with Gasteiger partial charge >= 0.3 is 0 Å². The minimum atomic E-state index is 0.108. The van der Waals surface area contributed by atoms with Crippen LogP contribution in [0, 0.1) is 22.7 Å². The first-order chi connectivity index (χ1) is 7.25. The van der Waals surface area contributed by atoms with E-state index in [2.05, 4.69) is 33.0 Å². The fraction of sp³-hybridized carbons (Fsp3) is 0.923. The summed E-state index contributed by atoms with van der Waals surface area (Å²) in [4.78, 5) is 12.0. The second-order valence-electron chi connectivity index (χ2n) is 6.24. The van der Waals surface area contributed by atoms with Crippen LogP contribution in [0.2, 0.25) is 0 Å².